The van der Waals surface area contributed by atoms with Crippen LogP contribution in [0, 0.1) is 13.8 Å². The summed E-state index contributed by atoms with van der Waals surface area (Å²) in [5.74, 6) is 1.77. The first-order valence-electron chi connectivity index (χ1n) is 8.02. The number of anilines is 1. The predicted octanol–water partition coefficient (Wildman–Crippen LogP) is 0.852. The number of rotatable bonds is 4. The van der Waals surface area contributed by atoms with Crippen LogP contribution in [0.1, 0.15) is 17.2 Å². The Morgan fingerprint density at radius 2 is 1.96 bits per heavy atom. The average Bonchev–Trinajstić information content (AvgIpc) is 2.89. The van der Waals surface area contributed by atoms with Crippen molar-refractivity contribution in [2.24, 2.45) is 0 Å². The molecule has 0 amide bonds. The van der Waals surface area contributed by atoms with Gasteiger partial charge in [0.2, 0.25) is 0 Å². The third-order valence-electron chi connectivity index (χ3n) is 4.46. The van der Waals surface area contributed by atoms with Crippen LogP contribution in [-0.4, -0.2) is 60.9 Å². The number of hydrogen-bond donors (Lipinski definition) is 0. The molecule has 1 fully saturated rings. The Kier molecular flexibility index (Phi) is 3.61. The fraction of sp³-hybridized carbons (Fsp3) is 0.438. The van der Waals surface area contributed by atoms with Gasteiger partial charge in [0.15, 0.2) is 11.5 Å². The van der Waals surface area contributed by atoms with Crippen molar-refractivity contribution in [3.63, 3.8) is 0 Å². The van der Waals surface area contributed by atoms with Crippen molar-refractivity contribution in [2.75, 3.05) is 25.0 Å². The Morgan fingerprint density at radius 1 is 1.12 bits per heavy atom. The van der Waals surface area contributed by atoms with Crippen LogP contribution < -0.4 is 4.90 Å². The molecule has 0 aliphatic carbocycles. The van der Waals surface area contributed by atoms with Gasteiger partial charge in [-0.3, -0.25) is 14.9 Å². The molecule has 4 rings (SSSR count). The van der Waals surface area contributed by atoms with Gasteiger partial charge in [-0.15, -0.1) is 15.3 Å². The van der Waals surface area contributed by atoms with Crippen LogP contribution in [0.3, 0.4) is 0 Å². The minimum Gasteiger partial charge on any atom is -0.352 e. The Hall–Kier alpha value is -2.61. The topological polar surface area (TPSA) is 75.3 Å². The molecule has 1 aliphatic rings. The van der Waals surface area contributed by atoms with E-state index in [0.717, 1.165) is 48.3 Å². The maximum Gasteiger partial charge on any atom is 0.178 e. The summed E-state index contributed by atoms with van der Waals surface area (Å²) in [6.45, 7) is 6.57. The smallest absolute Gasteiger partial charge is 0.178 e. The second kappa shape index (κ2) is 5.79. The van der Waals surface area contributed by atoms with Gasteiger partial charge < -0.3 is 4.90 Å². The molecule has 0 saturated carbocycles. The van der Waals surface area contributed by atoms with Gasteiger partial charge in [-0.05, 0) is 33.0 Å². The molecule has 0 radical (unpaired) electrons. The molecule has 24 heavy (non-hydrogen) atoms. The molecule has 8 nitrogen and oxygen atoms in total. The van der Waals surface area contributed by atoms with E-state index in [-0.39, 0.29) is 0 Å². The fourth-order valence-corrected chi connectivity index (χ4v) is 2.86. The Morgan fingerprint density at radius 3 is 2.71 bits per heavy atom. The Balaban J connectivity index is 1.39. The second-order valence-electron chi connectivity index (χ2n) is 6.33. The first-order valence-corrected chi connectivity index (χ1v) is 8.02. The fourth-order valence-electron chi connectivity index (χ4n) is 2.86. The van der Waals surface area contributed by atoms with E-state index in [9.17, 15) is 0 Å². The molecule has 3 aromatic heterocycles. The molecule has 0 N–H and O–H groups in total. The van der Waals surface area contributed by atoms with E-state index in [0.29, 0.717) is 6.04 Å². The van der Waals surface area contributed by atoms with E-state index < -0.39 is 0 Å². The molecule has 0 atom stereocenters. The van der Waals surface area contributed by atoms with Crippen molar-refractivity contribution in [3.05, 3.63) is 41.7 Å². The van der Waals surface area contributed by atoms with Crippen molar-refractivity contribution in [3.8, 4) is 0 Å². The van der Waals surface area contributed by atoms with Gasteiger partial charge in [0.05, 0.1) is 11.4 Å². The summed E-state index contributed by atoms with van der Waals surface area (Å²) in [4.78, 5) is 13.3. The van der Waals surface area contributed by atoms with Crippen LogP contribution >= 0.6 is 0 Å². The van der Waals surface area contributed by atoms with Crippen LogP contribution in [0.25, 0.3) is 5.65 Å². The van der Waals surface area contributed by atoms with Crippen LogP contribution in [0.4, 0.5) is 5.82 Å². The minimum absolute atomic E-state index is 0.493. The zero-order valence-corrected chi connectivity index (χ0v) is 14.1. The molecular formula is C16H20N8. The summed E-state index contributed by atoms with van der Waals surface area (Å²) in [5, 5.41) is 12.7. The van der Waals surface area contributed by atoms with E-state index in [1.54, 1.807) is 4.52 Å². The number of fused-ring (bicyclic) bond motifs is 1. The largest absolute Gasteiger partial charge is 0.352 e. The van der Waals surface area contributed by atoms with Gasteiger partial charge in [0, 0.05) is 38.1 Å². The summed E-state index contributed by atoms with van der Waals surface area (Å²) in [7, 11) is 2.13. The molecule has 3 aromatic rings. The number of aromatic nitrogens is 6. The summed E-state index contributed by atoms with van der Waals surface area (Å²) >= 11 is 0. The maximum atomic E-state index is 4.62. The third kappa shape index (κ3) is 2.69. The highest BCUT2D eigenvalue weighted by molar-refractivity contribution is 5.47. The van der Waals surface area contributed by atoms with Gasteiger partial charge in [-0.2, -0.15) is 4.52 Å². The van der Waals surface area contributed by atoms with Crippen molar-refractivity contribution in [1.82, 2.24) is 34.7 Å². The summed E-state index contributed by atoms with van der Waals surface area (Å²) in [6.07, 6.45) is 3.67. The number of aryl methyl sites for hydroxylation is 2. The lowest BCUT2D eigenvalue weighted by Gasteiger charge is -2.44. The van der Waals surface area contributed by atoms with Gasteiger partial charge >= 0.3 is 0 Å². The normalized spacial score (nSPS) is 15.2. The Bertz CT molecular complexity index is 850. The molecule has 0 unspecified atom stereocenters. The number of hydrogen-bond acceptors (Lipinski definition) is 7. The molecule has 0 spiro atoms. The Labute approximate surface area is 140 Å². The van der Waals surface area contributed by atoms with E-state index in [1.165, 1.54) is 0 Å². The molecule has 1 aliphatic heterocycles. The van der Waals surface area contributed by atoms with Gasteiger partial charge in [-0.25, -0.2) is 0 Å². The zero-order chi connectivity index (χ0) is 16.7. The predicted molar refractivity (Wildman–Crippen MR) is 89.8 cm³/mol. The van der Waals surface area contributed by atoms with Gasteiger partial charge in [0.1, 0.15) is 5.82 Å². The number of likely N-dealkylation sites (N-methyl/N-ethyl adjacent to an activating group) is 1. The van der Waals surface area contributed by atoms with Crippen molar-refractivity contribution in [2.45, 2.75) is 26.4 Å². The van der Waals surface area contributed by atoms with Crippen molar-refractivity contribution >= 4 is 11.5 Å². The van der Waals surface area contributed by atoms with Crippen molar-refractivity contribution < 1.29 is 0 Å². The highest BCUT2D eigenvalue weighted by Gasteiger charge is 2.31. The molecule has 0 bridgehead atoms. The molecule has 1 saturated heterocycles. The monoisotopic (exact) mass is 324 g/mol. The molecule has 124 valence electrons. The van der Waals surface area contributed by atoms with Crippen LogP contribution in [0.2, 0.25) is 0 Å². The van der Waals surface area contributed by atoms with E-state index >= 15 is 0 Å². The quantitative estimate of drug-likeness (QED) is 0.704. The first kappa shape index (κ1) is 14.9. The lowest BCUT2D eigenvalue weighted by molar-refractivity contribution is 0.194. The summed E-state index contributed by atoms with van der Waals surface area (Å²) in [6, 6.07) is 4.46. The lowest BCUT2D eigenvalue weighted by atomic mass is 10.1. The SMILES string of the molecule is Cc1cnc(CN(C)C2CN(c3ccc4nnc(C)n4n3)C2)cn1. The standard InChI is InChI=1S/C16H20N8/c1-11-6-18-13(7-17-11)8-22(3)14-9-23(10-14)16-5-4-15-20-19-12(2)24(15)21-16/h4-7,14H,8-10H2,1-3H3. The van der Waals surface area contributed by atoms with Gasteiger partial charge in [-0.1, -0.05) is 0 Å². The highest BCUT2D eigenvalue weighted by atomic mass is 15.4. The molecule has 8 heteroatoms. The summed E-state index contributed by atoms with van der Waals surface area (Å²) < 4.78 is 1.79. The number of nitrogens with zero attached hydrogens (tertiary/aromatic N) is 8. The minimum atomic E-state index is 0.493. The highest BCUT2D eigenvalue weighted by Crippen LogP contribution is 2.22. The lowest BCUT2D eigenvalue weighted by Crippen LogP contribution is -2.58. The van der Waals surface area contributed by atoms with E-state index in [2.05, 4.69) is 42.1 Å². The van der Waals surface area contributed by atoms with Crippen molar-refractivity contribution in [1.29, 1.82) is 0 Å². The van der Waals surface area contributed by atoms with E-state index in [1.807, 2.05) is 38.4 Å². The molecule has 0 aromatic carbocycles. The average molecular weight is 324 g/mol. The zero-order valence-electron chi connectivity index (χ0n) is 14.1. The van der Waals surface area contributed by atoms with Crippen LogP contribution in [0.15, 0.2) is 24.5 Å². The second-order valence-corrected chi connectivity index (χ2v) is 6.33. The van der Waals surface area contributed by atoms with Crippen LogP contribution in [-0.2, 0) is 6.54 Å². The molecular weight excluding hydrogens is 304 g/mol. The first-order chi connectivity index (χ1) is 11.6. The van der Waals surface area contributed by atoms with Crippen LogP contribution in [0.5, 0.6) is 0 Å². The summed E-state index contributed by atoms with van der Waals surface area (Å²) in [5.41, 5.74) is 2.73. The maximum absolute atomic E-state index is 4.62. The van der Waals surface area contributed by atoms with Gasteiger partial charge in [0.25, 0.3) is 0 Å². The molecule has 4 heterocycles. The van der Waals surface area contributed by atoms with E-state index in [4.69, 9.17) is 0 Å². The third-order valence-corrected chi connectivity index (χ3v) is 4.46.